The summed E-state index contributed by atoms with van der Waals surface area (Å²) in [6, 6.07) is 12.6. The van der Waals surface area contributed by atoms with E-state index in [2.05, 4.69) is 20.7 Å². The Balaban J connectivity index is 2.17. The summed E-state index contributed by atoms with van der Waals surface area (Å²) in [6.45, 7) is 0. The minimum absolute atomic E-state index is 0.261. The number of benzene rings is 2. The summed E-state index contributed by atoms with van der Waals surface area (Å²) in [5, 5.41) is 0. The van der Waals surface area contributed by atoms with Gasteiger partial charge in [-0.2, -0.15) is 0 Å². The Kier molecular flexibility index (Phi) is 4.35. The van der Waals surface area contributed by atoms with Gasteiger partial charge in [0.2, 0.25) is 0 Å². The van der Waals surface area contributed by atoms with E-state index in [1.807, 2.05) is 24.3 Å². The van der Waals surface area contributed by atoms with Gasteiger partial charge in [0.05, 0.1) is 6.04 Å². The Morgan fingerprint density at radius 2 is 1.65 bits per heavy atom. The van der Waals surface area contributed by atoms with Gasteiger partial charge in [-0.05, 0) is 35.4 Å². The summed E-state index contributed by atoms with van der Waals surface area (Å²) in [5.41, 5.74) is 7.65. The van der Waals surface area contributed by atoms with E-state index in [9.17, 15) is 13.2 Å². The van der Waals surface area contributed by atoms with Crippen LogP contribution in [0.4, 0.5) is 13.2 Å². The Morgan fingerprint density at radius 3 is 2.20 bits per heavy atom. The second-order valence-electron chi connectivity index (χ2n) is 4.15. The van der Waals surface area contributed by atoms with Gasteiger partial charge in [-0.1, -0.05) is 40.2 Å². The van der Waals surface area contributed by atoms with E-state index in [1.54, 1.807) is 0 Å². The van der Waals surface area contributed by atoms with Crippen LogP contribution in [0.2, 0.25) is 0 Å². The molecule has 0 amide bonds. The average molecular weight is 346 g/mol. The quantitative estimate of drug-likeness (QED) is 0.894. The molecule has 2 aromatic carbocycles. The summed E-state index contributed by atoms with van der Waals surface area (Å²) in [6.07, 6.45) is -4.69. The molecule has 6 heteroatoms. The number of ether oxygens (including phenoxy) is 1. The summed E-state index contributed by atoms with van der Waals surface area (Å²) >= 11 is 3.35. The first-order chi connectivity index (χ1) is 9.35. The lowest BCUT2D eigenvalue weighted by atomic mass is 10.00. The molecule has 20 heavy (non-hydrogen) atoms. The zero-order chi connectivity index (χ0) is 14.8. The average Bonchev–Trinajstić information content (AvgIpc) is 2.37. The monoisotopic (exact) mass is 345 g/mol. The molecular weight excluding hydrogens is 335 g/mol. The van der Waals surface area contributed by atoms with Crippen molar-refractivity contribution in [3.63, 3.8) is 0 Å². The third-order valence-corrected chi connectivity index (χ3v) is 3.17. The lowest BCUT2D eigenvalue weighted by Gasteiger charge is -2.14. The number of hydrogen-bond acceptors (Lipinski definition) is 2. The number of hydrogen-bond donors (Lipinski definition) is 1. The molecule has 0 unspecified atom stereocenters. The second kappa shape index (κ2) is 5.85. The zero-order valence-electron chi connectivity index (χ0n) is 10.2. The smallest absolute Gasteiger partial charge is 0.406 e. The highest BCUT2D eigenvalue weighted by atomic mass is 79.9. The van der Waals surface area contributed by atoms with Gasteiger partial charge in [-0.15, -0.1) is 13.2 Å². The fraction of sp³-hybridized carbons (Fsp3) is 0.143. The Labute approximate surface area is 122 Å². The summed E-state index contributed by atoms with van der Waals surface area (Å²) in [5.74, 6) is -0.261. The zero-order valence-corrected chi connectivity index (χ0v) is 11.8. The molecule has 0 aromatic heterocycles. The molecule has 0 heterocycles. The fourth-order valence-corrected chi connectivity index (χ4v) is 2.19. The van der Waals surface area contributed by atoms with Crippen molar-refractivity contribution in [3.8, 4) is 5.75 Å². The number of alkyl halides is 3. The van der Waals surface area contributed by atoms with Gasteiger partial charge in [-0.3, -0.25) is 0 Å². The predicted octanol–water partition coefficient (Wildman–Crippen LogP) is 4.40. The first-order valence-corrected chi connectivity index (χ1v) is 6.51. The highest BCUT2D eigenvalue weighted by Gasteiger charge is 2.31. The van der Waals surface area contributed by atoms with Crippen LogP contribution in [-0.4, -0.2) is 6.36 Å². The van der Waals surface area contributed by atoms with E-state index in [4.69, 9.17) is 5.73 Å². The number of nitrogens with two attached hydrogens (primary N) is 1. The maximum Gasteiger partial charge on any atom is 0.573 e. The van der Waals surface area contributed by atoms with Crippen molar-refractivity contribution in [2.75, 3.05) is 0 Å². The Morgan fingerprint density at radius 1 is 1.00 bits per heavy atom. The first-order valence-electron chi connectivity index (χ1n) is 5.72. The van der Waals surface area contributed by atoms with E-state index >= 15 is 0 Å². The van der Waals surface area contributed by atoms with E-state index < -0.39 is 12.4 Å². The van der Waals surface area contributed by atoms with Crippen LogP contribution in [0.5, 0.6) is 5.75 Å². The van der Waals surface area contributed by atoms with Crippen LogP contribution in [0.25, 0.3) is 0 Å². The van der Waals surface area contributed by atoms with Gasteiger partial charge in [0, 0.05) is 4.47 Å². The SMILES string of the molecule is N[C@@H](c1ccc(OC(F)(F)F)cc1)c1cccc(Br)c1. The second-order valence-corrected chi connectivity index (χ2v) is 5.07. The van der Waals surface area contributed by atoms with Crippen molar-refractivity contribution in [3.05, 3.63) is 64.1 Å². The van der Waals surface area contributed by atoms with E-state index in [1.165, 1.54) is 24.3 Å². The fourth-order valence-electron chi connectivity index (χ4n) is 1.77. The van der Waals surface area contributed by atoms with Gasteiger partial charge in [-0.25, -0.2) is 0 Å². The molecular formula is C14H11BrF3NO. The van der Waals surface area contributed by atoms with Crippen molar-refractivity contribution < 1.29 is 17.9 Å². The molecule has 0 saturated carbocycles. The van der Waals surface area contributed by atoms with Crippen molar-refractivity contribution in [2.24, 2.45) is 5.73 Å². The lowest BCUT2D eigenvalue weighted by molar-refractivity contribution is -0.274. The Bertz CT molecular complexity index is 584. The molecule has 0 aliphatic heterocycles. The normalized spacial score (nSPS) is 13.1. The molecule has 2 rings (SSSR count). The lowest BCUT2D eigenvalue weighted by Crippen LogP contribution is -2.17. The van der Waals surface area contributed by atoms with Gasteiger partial charge in [0.15, 0.2) is 0 Å². The number of halogens is 4. The Hall–Kier alpha value is -1.53. The minimum Gasteiger partial charge on any atom is -0.406 e. The molecule has 0 bridgehead atoms. The van der Waals surface area contributed by atoms with Crippen LogP contribution >= 0.6 is 15.9 Å². The topological polar surface area (TPSA) is 35.2 Å². The van der Waals surface area contributed by atoms with Gasteiger partial charge in [0.25, 0.3) is 0 Å². The van der Waals surface area contributed by atoms with Crippen LogP contribution in [-0.2, 0) is 0 Å². The largest absolute Gasteiger partial charge is 0.573 e. The van der Waals surface area contributed by atoms with Crippen LogP contribution in [0.1, 0.15) is 17.2 Å². The van der Waals surface area contributed by atoms with Crippen molar-refractivity contribution in [1.82, 2.24) is 0 Å². The van der Waals surface area contributed by atoms with Crippen molar-refractivity contribution in [2.45, 2.75) is 12.4 Å². The van der Waals surface area contributed by atoms with Gasteiger partial charge >= 0.3 is 6.36 Å². The van der Waals surface area contributed by atoms with Crippen LogP contribution in [0.3, 0.4) is 0 Å². The molecule has 2 nitrogen and oxygen atoms in total. The van der Waals surface area contributed by atoms with Crippen LogP contribution in [0.15, 0.2) is 53.0 Å². The van der Waals surface area contributed by atoms with E-state index in [-0.39, 0.29) is 5.75 Å². The highest BCUT2D eigenvalue weighted by Crippen LogP contribution is 2.26. The first kappa shape index (κ1) is 14.9. The maximum absolute atomic E-state index is 12.1. The third kappa shape index (κ3) is 3.98. The molecule has 0 aliphatic rings. The van der Waals surface area contributed by atoms with Crippen molar-refractivity contribution in [1.29, 1.82) is 0 Å². The van der Waals surface area contributed by atoms with Gasteiger partial charge < -0.3 is 10.5 Å². The van der Waals surface area contributed by atoms with E-state index in [0.29, 0.717) is 5.56 Å². The van der Waals surface area contributed by atoms with Crippen LogP contribution < -0.4 is 10.5 Å². The molecule has 0 aliphatic carbocycles. The molecule has 0 spiro atoms. The molecule has 2 N–H and O–H groups in total. The standard InChI is InChI=1S/C14H11BrF3NO/c15-11-3-1-2-10(8-11)13(19)9-4-6-12(7-5-9)20-14(16,17)18/h1-8,13H,19H2/t13-/m0/s1. The van der Waals surface area contributed by atoms with Crippen LogP contribution in [0, 0.1) is 0 Å². The summed E-state index contributed by atoms with van der Waals surface area (Å²) in [7, 11) is 0. The minimum atomic E-state index is -4.69. The predicted molar refractivity (Wildman–Crippen MR) is 73.3 cm³/mol. The summed E-state index contributed by atoms with van der Waals surface area (Å²) in [4.78, 5) is 0. The maximum atomic E-state index is 12.1. The third-order valence-electron chi connectivity index (χ3n) is 2.68. The molecule has 2 aromatic rings. The molecule has 0 radical (unpaired) electrons. The molecule has 106 valence electrons. The molecule has 1 atom stereocenters. The highest BCUT2D eigenvalue weighted by molar-refractivity contribution is 9.10. The summed E-state index contributed by atoms with van der Waals surface area (Å²) < 4.78 is 40.9. The molecule has 0 saturated heterocycles. The van der Waals surface area contributed by atoms with E-state index in [0.717, 1.165) is 10.0 Å². The van der Waals surface area contributed by atoms with Crippen molar-refractivity contribution >= 4 is 15.9 Å². The number of rotatable bonds is 3. The molecule has 0 fully saturated rings. The van der Waals surface area contributed by atoms with Gasteiger partial charge in [0.1, 0.15) is 5.75 Å².